The zero-order valence-corrected chi connectivity index (χ0v) is 10.6. The Hall–Kier alpha value is -1.64. The van der Waals surface area contributed by atoms with Crippen molar-refractivity contribution in [3.8, 4) is 5.75 Å². The minimum atomic E-state index is -0.157. The SMILES string of the molecule is CC(=O)c1cccc(OC(=O)C2CCCCC2)c1. The number of hydrogen-bond donors (Lipinski definition) is 0. The second kappa shape index (κ2) is 5.80. The summed E-state index contributed by atoms with van der Waals surface area (Å²) in [6, 6.07) is 6.80. The zero-order chi connectivity index (χ0) is 13.0. The molecule has 18 heavy (non-hydrogen) atoms. The minimum absolute atomic E-state index is 0.0226. The lowest BCUT2D eigenvalue weighted by molar-refractivity contribution is -0.139. The van der Waals surface area contributed by atoms with Gasteiger partial charge in [-0.3, -0.25) is 9.59 Å². The van der Waals surface area contributed by atoms with Crippen molar-refractivity contribution in [2.24, 2.45) is 5.92 Å². The topological polar surface area (TPSA) is 43.4 Å². The molecular formula is C15H18O3. The summed E-state index contributed by atoms with van der Waals surface area (Å²) in [6.07, 6.45) is 5.26. The normalized spacial score (nSPS) is 16.3. The number of ether oxygens (including phenoxy) is 1. The van der Waals surface area contributed by atoms with E-state index in [4.69, 9.17) is 4.74 Å². The highest BCUT2D eigenvalue weighted by molar-refractivity contribution is 5.94. The van der Waals surface area contributed by atoms with Crippen molar-refractivity contribution in [3.63, 3.8) is 0 Å². The molecule has 1 aromatic carbocycles. The van der Waals surface area contributed by atoms with E-state index in [9.17, 15) is 9.59 Å². The molecule has 0 unspecified atom stereocenters. The van der Waals surface area contributed by atoms with Gasteiger partial charge in [-0.2, -0.15) is 0 Å². The highest BCUT2D eigenvalue weighted by Crippen LogP contribution is 2.25. The number of ketones is 1. The first-order valence-electron chi connectivity index (χ1n) is 6.49. The van der Waals surface area contributed by atoms with E-state index >= 15 is 0 Å². The van der Waals surface area contributed by atoms with Crippen LogP contribution in [0.2, 0.25) is 0 Å². The monoisotopic (exact) mass is 246 g/mol. The number of esters is 1. The van der Waals surface area contributed by atoms with E-state index < -0.39 is 0 Å². The first-order valence-corrected chi connectivity index (χ1v) is 6.49. The van der Waals surface area contributed by atoms with Crippen molar-refractivity contribution in [2.45, 2.75) is 39.0 Å². The third kappa shape index (κ3) is 3.19. The second-order valence-electron chi connectivity index (χ2n) is 4.84. The Morgan fingerprint density at radius 1 is 1.17 bits per heavy atom. The van der Waals surface area contributed by atoms with Crippen LogP contribution in [0.5, 0.6) is 5.75 Å². The second-order valence-corrected chi connectivity index (χ2v) is 4.84. The smallest absolute Gasteiger partial charge is 0.314 e. The Morgan fingerprint density at radius 2 is 1.89 bits per heavy atom. The molecule has 0 atom stereocenters. The number of carbonyl (C=O) groups excluding carboxylic acids is 2. The molecule has 0 aromatic heterocycles. The molecule has 1 fully saturated rings. The van der Waals surface area contributed by atoms with Gasteiger partial charge in [0.25, 0.3) is 0 Å². The maximum absolute atomic E-state index is 11.9. The van der Waals surface area contributed by atoms with E-state index in [1.54, 1.807) is 24.3 Å². The van der Waals surface area contributed by atoms with Crippen LogP contribution in [0.25, 0.3) is 0 Å². The fourth-order valence-corrected chi connectivity index (χ4v) is 2.32. The molecule has 1 aliphatic rings. The molecule has 0 saturated heterocycles. The van der Waals surface area contributed by atoms with Crippen LogP contribution in [0.3, 0.4) is 0 Å². The summed E-state index contributed by atoms with van der Waals surface area (Å²) in [5.41, 5.74) is 0.573. The third-order valence-corrected chi connectivity index (χ3v) is 3.40. The van der Waals surface area contributed by atoms with Gasteiger partial charge in [-0.1, -0.05) is 31.4 Å². The lowest BCUT2D eigenvalue weighted by Gasteiger charge is -2.19. The molecule has 96 valence electrons. The number of Topliss-reactive ketones (excluding diaryl/α,β-unsaturated/α-hetero) is 1. The Bertz CT molecular complexity index is 445. The highest BCUT2D eigenvalue weighted by Gasteiger charge is 2.23. The molecule has 0 N–H and O–H groups in total. The molecule has 2 rings (SSSR count). The predicted molar refractivity (Wildman–Crippen MR) is 68.7 cm³/mol. The van der Waals surface area contributed by atoms with Gasteiger partial charge in [0.1, 0.15) is 5.75 Å². The minimum Gasteiger partial charge on any atom is -0.426 e. The Balaban J connectivity index is 2.02. The van der Waals surface area contributed by atoms with Crippen LogP contribution >= 0.6 is 0 Å². The Morgan fingerprint density at radius 3 is 2.56 bits per heavy atom. The highest BCUT2D eigenvalue weighted by atomic mass is 16.5. The average molecular weight is 246 g/mol. The van der Waals surface area contributed by atoms with Crippen LogP contribution in [0.15, 0.2) is 24.3 Å². The van der Waals surface area contributed by atoms with Gasteiger partial charge in [-0.15, -0.1) is 0 Å². The zero-order valence-electron chi connectivity index (χ0n) is 10.6. The number of hydrogen-bond acceptors (Lipinski definition) is 3. The average Bonchev–Trinajstić information content (AvgIpc) is 2.40. The summed E-state index contributed by atoms with van der Waals surface area (Å²) in [7, 11) is 0. The van der Waals surface area contributed by atoms with Gasteiger partial charge in [0.15, 0.2) is 5.78 Å². The number of rotatable bonds is 3. The summed E-state index contributed by atoms with van der Waals surface area (Å²) in [6.45, 7) is 1.50. The van der Waals surface area contributed by atoms with Crippen molar-refractivity contribution >= 4 is 11.8 Å². The standard InChI is InChI=1S/C15H18O3/c1-11(16)13-8-5-9-14(10-13)18-15(17)12-6-3-2-4-7-12/h5,8-10,12H,2-4,6-7H2,1H3. The summed E-state index contributed by atoms with van der Waals surface area (Å²) in [4.78, 5) is 23.2. The van der Waals surface area contributed by atoms with Crippen molar-refractivity contribution < 1.29 is 14.3 Å². The summed E-state index contributed by atoms with van der Waals surface area (Å²) < 4.78 is 5.35. The molecule has 0 amide bonds. The molecule has 0 aliphatic heterocycles. The van der Waals surface area contributed by atoms with Gasteiger partial charge >= 0.3 is 5.97 Å². The molecule has 0 bridgehead atoms. The van der Waals surface area contributed by atoms with E-state index in [2.05, 4.69) is 0 Å². The van der Waals surface area contributed by atoms with Crippen molar-refractivity contribution in [2.75, 3.05) is 0 Å². The van der Waals surface area contributed by atoms with Crippen LogP contribution in [-0.4, -0.2) is 11.8 Å². The van der Waals surface area contributed by atoms with E-state index in [1.165, 1.54) is 13.3 Å². The fraction of sp³-hybridized carbons (Fsp3) is 0.467. The lowest BCUT2D eigenvalue weighted by Crippen LogP contribution is -2.22. The van der Waals surface area contributed by atoms with E-state index in [0.29, 0.717) is 11.3 Å². The quantitative estimate of drug-likeness (QED) is 0.466. The summed E-state index contributed by atoms with van der Waals surface area (Å²) in [5.74, 6) is 0.318. The van der Waals surface area contributed by atoms with Crippen LogP contribution < -0.4 is 4.74 Å². The first-order chi connectivity index (χ1) is 8.66. The number of carbonyl (C=O) groups is 2. The van der Waals surface area contributed by atoms with E-state index in [0.717, 1.165) is 25.7 Å². The van der Waals surface area contributed by atoms with Crippen molar-refractivity contribution in [1.29, 1.82) is 0 Å². The predicted octanol–water partition coefficient (Wildman–Crippen LogP) is 3.37. The third-order valence-electron chi connectivity index (χ3n) is 3.40. The molecule has 1 aromatic rings. The van der Waals surface area contributed by atoms with Crippen LogP contribution in [-0.2, 0) is 4.79 Å². The largest absolute Gasteiger partial charge is 0.426 e. The maximum atomic E-state index is 11.9. The Labute approximate surface area is 107 Å². The fourth-order valence-electron chi connectivity index (χ4n) is 2.32. The lowest BCUT2D eigenvalue weighted by atomic mass is 9.89. The van der Waals surface area contributed by atoms with Crippen molar-refractivity contribution in [3.05, 3.63) is 29.8 Å². The van der Waals surface area contributed by atoms with Crippen LogP contribution in [0.4, 0.5) is 0 Å². The Kier molecular flexibility index (Phi) is 4.13. The van der Waals surface area contributed by atoms with Gasteiger partial charge in [-0.25, -0.2) is 0 Å². The molecular weight excluding hydrogens is 228 g/mol. The summed E-state index contributed by atoms with van der Waals surface area (Å²) in [5, 5.41) is 0. The maximum Gasteiger partial charge on any atom is 0.314 e. The molecule has 3 heteroatoms. The molecule has 0 spiro atoms. The van der Waals surface area contributed by atoms with Crippen molar-refractivity contribution in [1.82, 2.24) is 0 Å². The van der Waals surface area contributed by atoms with Gasteiger partial charge in [0, 0.05) is 5.56 Å². The van der Waals surface area contributed by atoms with Gasteiger partial charge in [0.2, 0.25) is 0 Å². The van der Waals surface area contributed by atoms with Gasteiger partial charge in [-0.05, 0) is 31.9 Å². The van der Waals surface area contributed by atoms with E-state index in [1.807, 2.05) is 0 Å². The molecule has 1 saturated carbocycles. The van der Waals surface area contributed by atoms with Crippen LogP contribution in [0.1, 0.15) is 49.4 Å². The van der Waals surface area contributed by atoms with Gasteiger partial charge in [0.05, 0.1) is 5.92 Å². The van der Waals surface area contributed by atoms with E-state index in [-0.39, 0.29) is 17.7 Å². The molecule has 1 aliphatic carbocycles. The van der Waals surface area contributed by atoms with Gasteiger partial charge < -0.3 is 4.74 Å². The molecule has 0 radical (unpaired) electrons. The molecule has 3 nitrogen and oxygen atoms in total. The number of benzene rings is 1. The van der Waals surface area contributed by atoms with Crippen LogP contribution in [0, 0.1) is 5.92 Å². The first kappa shape index (κ1) is 12.8. The summed E-state index contributed by atoms with van der Waals surface area (Å²) >= 11 is 0. The molecule has 0 heterocycles.